The van der Waals surface area contributed by atoms with Crippen LogP contribution in [0.4, 0.5) is 0 Å². The Balaban J connectivity index is 0. The van der Waals surface area contributed by atoms with Gasteiger partial charge in [-0.2, -0.15) is 8.42 Å². The summed E-state index contributed by atoms with van der Waals surface area (Å²) in [5.74, 6) is -0.837. The Labute approximate surface area is 108 Å². The second-order valence-corrected chi connectivity index (χ2v) is 4.85. The molecule has 0 rings (SSSR count). The molecule has 0 heterocycles. The third kappa shape index (κ3) is 8.04. The fourth-order valence-electron chi connectivity index (χ4n) is 1.11. The number of rotatable bonds is 5. The summed E-state index contributed by atoms with van der Waals surface area (Å²) >= 11 is 0. The van der Waals surface area contributed by atoms with E-state index in [-0.39, 0.29) is 0 Å². The maximum Gasteiger partial charge on any atom is 0.399 e. The topological polar surface area (TPSA) is 93.1 Å². The van der Waals surface area contributed by atoms with Crippen molar-refractivity contribution >= 4 is 16.4 Å². The molecule has 0 amide bonds. The Bertz CT molecular complexity index is 375. The molecule has 0 bridgehead atoms. The van der Waals surface area contributed by atoms with Gasteiger partial charge in [0.25, 0.3) is 0 Å². The molecule has 0 aliphatic rings. The lowest BCUT2D eigenvalue weighted by atomic mass is 10.2. The van der Waals surface area contributed by atoms with E-state index in [1.807, 2.05) is 25.9 Å². The van der Waals surface area contributed by atoms with Crippen LogP contribution in [0.3, 0.4) is 0 Å². The van der Waals surface area contributed by atoms with Crippen LogP contribution in [0.1, 0.15) is 20.3 Å². The molecule has 0 unspecified atom stereocenters. The predicted molar refractivity (Wildman–Crippen MR) is 67.3 cm³/mol. The van der Waals surface area contributed by atoms with Crippen LogP contribution in [-0.4, -0.2) is 52.7 Å². The van der Waals surface area contributed by atoms with Gasteiger partial charge in [0.15, 0.2) is 0 Å². The highest BCUT2D eigenvalue weighted by Crippen LogP contribution is 2.10. The smallest absolute Gasteiger partial charge is 0.399 e. The van der Waals surface area contributed by atoms with Crippen LogP contribution in [0.15, 0.2) is 11.3 Å². The van der Waals surface area contributed by atoms with Crippen molar-refractivity contribution in [2.24, 2.45) is 0 Å². The highest BCUT2D eigenvalue weighted by Gasteiger charge is 2.08. The first kappa shape index (κ1) is 19.2. The molecule has 108 valence electrons. The normalized spacial score (nSPS) is 12.1. The third-order valence-electron chi connectivity index (χ3n) is 2.04. The maximum atomic E-state index is 10.5. The van der Waals surface area contributed by atoms with E-state index in [0.717, 1.165) is 26.3 Å². The summed E-state index contributed by atoms with van der Waals surface area (Å²) in [5, 5.41) is 8.65. The van der Waals surface area contributed by atoms with Gasteiger partial charge in [-0.3, -0.25) is 8.37 Å². The van der Waals surface area contributed by atoms with Crippen molar-refractivity contribution in [2.75, 3.05) is 28.3 Å². The van der Waals surface area contributed by atoms with Gasteiger partial charge in [-0.15, -0.1) is 0 Å². The number of carboxylic acids is 1. The fourth-order valence-corrected chi connectivity index (χ4v) is 1.24. The Morgan fingerprint density at radius 2 is 1.61 bits per heavy atom. The van der Waals surface area contributed by atoms with Crippen molar-refractivity contribution < 1.29 is 26.7 Å². The monoisotopic (exact) mass is 283 g/mol. The van der Waals surface area contributed by atoms with Gasteiger partial charge in [0.2, 0.25) is 0 Å². The minimum absolute atomic E-state index is 0.428. The van der Waals surface area contributed by atoms with Gasteiger partial charge in [-0.05, 0) is 13.3 Å². The van der Waals surface area contributed by atoms with Gasteiger partial charge in [-0.1, -0.05) is 6.92 Å². The number of allylic oxidation sites excluding steroid dienone is 1. The zero-order valence-electron chi connectivity index (χ0n) is 11.6. The molecule has 0 aromatic heterocycles. The molecule has 0 fully saturated rings. The minimum atomic E-state index is -3.66. The summed E-state index contributed by atoms with van der Waals surface area (Å²) in [5.41, 5.74) is 1.30. The van der Waals surface area contributed by atoms with E-state index in [4.69, 9.17) is 5.11 Å². The van der Waals surface area contributed by atoms with Gasteiger partial charge in [-0.25, -0.2) is 4.79 Å². The third-order valence-corrected chi connectivity index (χ3v) is 2.85. The Kier molecular flexibility index (Phi) is 9.50. The van der Waals surface area contributed by atoms with Crippen LogP contribution in [0.2, 0.25) is 0 Å². The second-order valence-electron chi connectivity index (χ2n) is 3.37. The quantitative estimate of drug-likeness (QED) is 0.747. The van der Waals surface area contributed by atoms with Crippen LogP contribution < -0.4 is 0 Å². The first-order valence-electron chi connectivity index (χ1n) is 5.09. The highest BCUT2D eigenvalue weighted by molar-refractivity contribution is 7.81. The van der Waals surface area contributed by atoms with Gasteiger partial charge < -0.3 is 10.0 Å². The Hall–Kier alpha value is -1.12. The summed E-state index contributed by atoms with van der Waals surface area (Å²) in [4.78, 5) is 12.4. The van der Waals surface area contributed by atoms with E-state index in [1.165, 1.54) is 0 Å². The average Bonchev–Trinajstić information content (AvgIpc) is 2.30. The van der Waals surface area contributed by atoms with E-state index in [1.54, 1.807) is 6.92 Å². The summed E-state index contributed by atoms with van der Waals surface area (Å²) < 4.78 is 27.5. The lowest BCUT2D eigenvalue weighted by Gasteiger charge is -2.17. The Morgan fingerprint density at radius 1 is 1.22 bits per heavy atom. The average molecular weight is 283 g/mol. The molecule has 8 heteroatoms. The molecule has 0 radical (unpaired) electrons. The molecule has 7 nitrogen and oxygen atoms in total. The lowest BCUT2D eigenvalue weighted by Crippen LogP contribution is -2.15. The SMILES string of the molecule is CC/C(=C(/C)C(=O)O)N(C)C.COS(=O)(=O)OC. The first-order chi connectivity index (χ1) is 8.12. The maximum absolute atomic E-state index is 10.5. The molecular formula is C10H21NO6S. The van der Waals surface area contributed by atoms with Crippen molar-refractivity contribution in [2.45, 2.75) is 20.3 Å². The highest BCUT2D eigenvalue weighted by atomic mass is 32.3. The largest absolute Gasteiger partial charge is 0.478 e. The molecule has 0 aromatic rings. The van der Waals surface area contributed by atoms with Crippen molar-refractivity contribution in [3.63, 3.8) is 0 Å². The molecule has 0 spiro atoms. The van der Waals surface area contributed by atoms with Crippen LogP contribution >= 0.6 is 0 Å². The second kappa shape index (κ2) is 8.90. The van der Waals surface area contributed by atoms with Crippen molar-refractivity contribution in [1.29, 1.82) is 0 Å². The molecule has 0 aliphatic carbocycles. The van der Waals surface area contributed by atoms with E-state index in [9.17, 15) is 13.2 Å². The summed E-state index contributed by atoms with van der Waals surface area (Å²) in [6.07, 6.45) is 0.755. The van der Waals surface area contributed by atoms with Crippen LogP contribution in [-0.2, 0) is 23.6 Å². The van der Waals surface area contributed by atoms with E-state index in [2.05, 4.69) is 8.37 Å². The molecule has 0 saturated carbocycles. The molecule has 0 aliphatic heterocycles. The number of carboxylic acid groups (broad SMARTS) is 1. The van der Waals surface area contributed by atoms with Crippen LogP contribution in [0.25, 0.3) is 0 Å². The van der Waals surface area contributed by atoms with E-state index < -0.39 is 16.4 Å². The molecular weight excluding hydrogens is 262 g/mol. The minimum Gasteiger partial charge on any atom is -0.478 e. The van der Waals surface area contributed by atoms with Crippen LogP contribution in [0.5, 0.6) is 0 Å². The zero-order valence-corrected chi connectivity index (χ0v) is 12.4. The predicted octanol–water partition coefficient (Wildman–Crippen LogP) is 0.841. The number of aliphatic carboxylic acids is 1. The molecule has 0 aromatic carbocycles. The number of hydrogen-bond acceptors (Lipinski definition) is 6. The van der Waals surface area contributed by atoms with Crippen molar-refractivity contribution in [1.82, 2.24) is 4.90 Å². The fraction of sp³-hybridized carbons (Fsp3) is 0.700. The number of hydrogen-bond donors (Lipinski definition) is 1. The molecule has 0 atom stereocenters. The van der Waals surface area contributed by atoms with E-state index >= 15 is 0 Å². The molecule has 0 saturated heterocycles. The van der Waals surface area contributed by atoms with Crippen molar-refractivity contribution in [3.05, 3.63) is 11.3 Å². The standard InChI is InChI=1S/C8H15NO2.C2H6O4S/c1-5-7(9(3)4)6(2)8(10)11;1-5-7(3,4)6-2/h5H2,1-4H3,(H,10,11);1-2H3/b7-6+;. The molecule has 18 heavy (non-hydrogen) atoms. The zero-order chi connectivity index (χ0) is 14.9. The molecule has 1 N–H and O–H groups in total. The van der Waals surface area contributed by atoms with Gasteiger partial charge in [0, 0.05) is 19.8 Å². The van der Waals surface area contributed by atoms with Crippen molar-refractivity contribution in [3.8, 4) is 0 Å². The van der Waals surface area contributed by atoms with Gasteiger partial charge in [0.1, 0.15) is 0 Å². The van der Waals surface area contributed by atoms with Gasteiger partial charge in [0.05, 0.1) is 19.8 Å². The summed E-state index contributed by atoms with van der Waals surface area (Å²) in [6, 6.07) is 0. The summed E-state index contributed by atoms with van der Waals surface area (Å²) in [6.45, 7) is 3.57. The summed E-state index contributed by atoms with van der Waals surface area (Å²) in [7, 11) is 2.10. The lowest BCUT2D eigenvalue weighted by molar-refractivity contribution is -0.132. The Morgan fingerprint density at radius 3 is 1.67 bits per heavy atom. The van der Waals surface area contributed by atoms with Gasteiger partial charge >= 0.3 is 16.4 Å². The van der Waals surface area contributed by atoms with E-state index in [0.29, 0.717) is 5.57 Å². The first-order valence-corrected chi connectivity index (χ1v) is 6.42. The van der Waals surface area contributed by atoms with Crippen LogP contribution in [0, 0.1) is 0 Å². The number of carbonyl (C=O) groups is 1. The number of nitrogens with zero attached hydrogens (tertiary/aromatic N) is 1.